The van der Waals surface area contributed by atoms with Gasteiger partial charge in [0.25, 0.3) is 0 Å². The van der Waals surface area contributed by atoms with Gasteiger partial charge in [-0.05, 0) is 30.3 Å². The molecule has 0 radical (unpaired) electrons. The fraction of sp³-hybridized carbons (Fsp3) is 0.562. The highest BCUT2D eigenvalue weighted by Crippen LogP contribution is 2.36. The Balaban J connectivity index is 2.68. The maximum Gasteiger partial charge on any atom is 0.341 e. The lowest BCUT2D eigenvalue weighted by atomic mass is 10.2. The summed E-state index contributed by atoms with van der Waals surface area (Å²) >= 11 is 6.11. The lowest BCUT2D eigenvalue weighted by molar-refractivity contribution is 0.0595. The Labute approximate surface area is 138 Å². The highest BCUT2D eigenvalue weighted by molar-refractivity contribution is 6.74. The Morgan fingerprint density at radius 3 is 2.41 bits per heavy atom. The number of rotatable bonds is 6. The van der Waals surface area contributed by atoms with Gasteiger partial charge >= 0.3 is 5.97 Å². The van der Waals surface area contributed by atoms with Gasteiger partial charge in [-0.1, -0.05) is 38.4 Å². The SMILES string of the molecule is COC(=O)c1cccc(Cl)c1OCCO[Si](C)(C)C(C)(C)C. The molecule has 0 N–H and O–H groups in total. The summed E-state index contributed by atoms with van der Waals surface area (Å²) in [6.07, 6.45) is 0. The molecule has 1 rings (SSSR count). The molecule has 0 aliphatic heterocycles. The Bertz CT molecular complexity index is 523. The minimum absolute atomic E-state index is 0.147. The summed E-state index contributed by atoms with van der Waals surface area (Å²) < 4.78 is 16.4. The Kier molecular flexibility index (Phi) is 6.46. The molecule has 0 fully saturated rings. The minimum atomic E-state index is -1.80. The second kappa shape index (κ2) is 7.48. The molecule has 1 aromatic carbocycles. The van der Waals surface area contributed by atoms with E-state index in [0.29, 0.717) is 29.5 Å². The van der Waals surface area contributed by atoms with Gasteiger partial charge in [0, 0.05) is 0 Å². The highest BCUT2D eigenvalue weighted by atomic mass is 35.5. The number of benzene rings is 1. The third-order valence-electron chi connectivity index (χ3n) is 3.97. The molecular formula is C16H25ClO4Si. The van der Waals surface area contributed by atoms with Crippen molar-refractivity contribution in [2.24, 2.45) is 0 Å². The molecule has 0 aliphatic rings. The first-order valence-corrected chi connectivity index (χ1v) is 10.5. The summed E-state index contributed by atoms with van der Waals surface area (Å²) in [4.78, 5) is 11.7. The van der Waals surface area contributed by atoms with Crippen molar-refractivity contribution < 1.29 is 18.7 Å². The van der Waals surface area contributed by atoms with Gasteiger partial charge in [-0.15, -0.1) is 0 Å². The van der Waals surface area contributed by atoms with Gasteiger partial charge in [-0.2, -0.15) is 0 Å². The predicted molar refractivity (Wildman–Crippen MR) is 91.4 cm³/mol. The van der Waals surface area contributed by atoms with E-state index < -0.39 is 14.3 Å². The van der Waals surface area contributed by atoms with E-state index in [1.165, 1.54) is 7.11 Å². The van der Waals surface area contributed by atoms with Crippen molar-refractivity contribution in [3.05, 3.63) is 28.8 Å². The lowest BCUT2D eigenvalue weighted by Gasteiger charge is -2.36. The van der Waals surface area contributed by atoms with Crippen molar-refractivity contribution >= 4 is 25.9 Å². The quantitative estimate of drug-likeness (QED) is 0.432. The van der Waals surface area contributed by atoms with Gasteiger partial charge in [0.2, 0.25) is 0 Å². The van der Waals surface area contributed by atoms with E-state index in [1.54, 1.807) is 18.2 Å². The van der Waals surface area contributed by atoms with Crippen molar-refractivity contribution in [3.8, 4) is 5.75 Å². The summed E-state index contributed by atoms with van der Waals surface area (Å²) in [6, 6.07) is 4.99. The van der Waals surface area contributed by atoms with E-state index >= 15 is 0 Å². The third kappa shape index (κ3) is 4.73. The first-order chi connectivity index (χ1) is 10.1. The summed E-state index contributed by atoms with van der Waals surface area (Å²) in [5.41, 5.74) is 0.322. The fourth-order valence-electron chi connectivity index (χ4n) is 1.58. The average Bonchev–Trinajstić information content (AvgIpc) is 2.42. The molecule has 0 spiro atoms. The smallest absolute Gasteiger partial charge is 0.341 e. The number of para-hydroxylation sites is 1. The molecule has 0 amide bonds. The van der Waals surface area contributed by atoms with E-state index in [1.807, 2.05) is 0 Å². The predicted octanol–water partition coefficient (Wildman–Crippen LogP) is 4.53. The molecule has 22 heavy (non-hydrogen) atoms. The van der Waals surface area contributed by atoms with Crippen LogP contribution in [-0.2, 0) is 9.16 Å². The molecule has 4 nitrogen and oxygen atoms in total. The van der Waals surface area contributed by atoms with Crippen LogP contribution in [0, 0.1) is 0 Å². The van der Waals surface area contributed by atoms with Crippen LogP contribution in [0.3, 0.4) is 0 Å². The maximum absolute atomic E-state index is 11.7. The van der Waals surface area contributed by atoms with E-state index in [9.17, 15) is 4.79 Å². The van der Waals surface area contributed by atoms with Gasteiger partial charge < -0.3 is 13.9 Å². The van der Waals surface area contributed by atoms with E-state index in [4.69, 9.17) is 25.5 Å². The van der Waals surface area contributed by atoms with Crippen molar-refractivity contribution in [1.82, 2.24) is 0 Å². The molecular weight excluding hydrogens is 320 g/mol. The van der Waals surface area contributed by atoms with Crippen LogP contribution < -0.4 is 4.74 Å². The second-order valence-electron chi connectivity index (χ2n) is 6.57. The molecule has 0 unspecified atom stereocenters. The second-order valence-corrected chi connectivity index (χ2v) is 11.8. The first kappa shape index (κ1) is 19.0. The molecule has 0 bridgehead atoms. The number of carbonyl (C=O) groups excluding carboxylic acids is 1. The summed E-state index contributed by atoms with van der Waals surface area (Å²) in [5.74, 6) is -0.127. The Morgan fingerprint density at radius 2 is 1.86 bits per heavy atom. The molecule has 0 aromatic heterocycles. The maximum atomic E-state index is 11.7. The molecule has 124 valence electrons. The van der Waals surface area contributed by atoms with Gasteiger partial charge in [-0.25, -0.2) is 4.79 Å². The normalized spacial score (nSPS) is 12.1. The lowest BCUT2D eigenvalue weighted by Crippen LogP contribution is -2.41. The number of carbonyl (C=O) groups is 1. The molecule has 1 aromatic rings. The van der Waals surface area contributed by atoms with Crippen molar-refractivity contribution in [2.45, 2.75) is 38.9 Å². The van der Waals surface area contributed by atoms with Crippen LogP contribution in [0.2, 0.25) is 23.2 Å². The Morgan fingerprint density at radius 1 is 1.23 bits per heavy atom. The molecule has 6 heteroatoms. The summed E-state index contributed by atoms with van der Waals surface area (Å²) in [5, 5.41) is 0.532. The van der Waals surface area contributed by atoms with Gasteiger partial charge in [-0.3, -0.25) is 0 Å². The number of hydrogen-bond acceptors (Lipinski definition) is 4. The number of halogens is 1. The van der Waals surface area contributed by atoms with Gasteiger partial charge in [0.05, 0.1) is 18.7 Å². The number of ether oxygens (including phenoxy) is 2. The van der Waals surface area contributed by atoms with Crippen molar-refractivity contribution in [3.63, 3.8) is 0 Å². The third-order valence-corrected chi connectivity index (χ3v) is 8.81. The van der Waals surface area contributed by atoms with Crippen LogP contribution >= 0.6 is 11.6 Å². The monoisotopic (exact) mass is 344 g/mol. The van der Waals surface area contributed by atoms with Crippen LogP contribution in [0.1, 0.15) is 31.1 Å². The zero-order valence-corrected chi connectivity index (χ0v) is 15.9. The van der Waals surface area contributed by atoms with Crippen molar-refractivity contribution in [2.75, 3.05) is 20.3 Å². The Hall–Kier alpha value is -1.04. The van der Waals surface area contributed by atoms with Gasteiger partial charge in [0.15, 0.2) is 14.1 Å². The molecule has 0 saturated heterocycles. The van der Waals surface area contributed by atoms with E-state index in [2.05, 4.69) is 33.9 Å². The van der Waals surface area contributed by atoms with Crippen molar-refractivity contribution in [1.29, 1.82) is 0 Å². The highest BCUT2D eigenvalue weighted by Gasteiger charge is 2.36. The van der Waals surface area contributed by atoms with Crippen LogP contribution in [-0.4, -0.2) is 34.6 Å². The van der Waals surface area contributed by atoms with Crippen LogP contribution in [0.15, 0.2) is 18.2 Å². The zero-order chi connectivity index (χ0) is 17.0. The van der Waals surface area contributed by atoms with Crippen LogP contribution in [0.5, 0.6) is 5.75 Å². The van der Waals surface area contributed by atoms with Gasteiger partial charge in [0.1, 0.15) is 12.2 Å². The molecule has 0 saturated carbocycles. The van der Waals surface area contributed by atoms with Crippen LogP contribution in [0.25, 0.3) is 0 Å². The standard InChI is InChI=1S/C16H25ClO4Si/c1-16(2,3)22(5,6)21-11-10-20-14-12(15(18)19-4)8-7-9-13(14)17/h7-9H,10-11H2,1-6H3. The fourth-order valence-corrected chi connectivity index (χ4v) is 2.84. The number of methoxy groups -OCH3 is 1. The summed E-state index contributed by atoms with van der Waals surface area (Å²) in [7, 11) is -0.477. The number of hydrogen-bond donors (Lipinski definition) is 0. The largest absolute Gasteiger partial charge is 0.489 e. The molecule has 0 aliphatic carbocycles. The van der Waals surface area contributed by atoms with E-state index in [-0.39, 0.29) is 5.04 Å². The van der Waals surface area contributed by atoms with Crippen LogP contribution in [0.4, 0.5) is 0 Å². The topological polar surface area (TPSA) is 44.8 Å². The summed E-state index contributed by atoms with van der Waals surface area (Å²) in [6.45, 7) is 11.7. The molecule has 0 heterocycles. The minimum Gasteiger partial charge on any atom is -0.489 e. The number of esters is 1. The van der Waals surface area contributed by atoms with E-state index in [0.717, 1.165) is 0 Å². The average molecular weight is 345 g/mol. The molecule has 0 atom stereocenters. The first-order valence-electron chi connectivity index (χ1n) is 7.24. The zero-order valence-electron chi connectivity index (χ0n) is 14.2.